The number of nitrogens with one attached hydrogen (secondary N) is 2. The predicted octanol–water partition coefficient (Wildman–Crippen LogP) is 1.36. The van der Waals surface area contributed by atoms with Gasteiger partial charge >= 0.3 is 12.0 Å². The second-order valence-corrected chi connectivity index (χ2v) is 4.17. The smallest absolute Gasteiger partial charge is 0.326 e. The number of amides is 2. The third-order valence-corrected chi connectivity index (χ3v) is 2.06. The van der Waals surface area contributed by atoms with Gasteiger partial charge in [0.1, 0.15) is 6.04 Å². The number of carbonyl (C=O) groups is 2. The van der Waals surface area contributed by atoms with Crippen LogP contribution in [-0.4, -0.2) is 29.7 Å². The summed E-state index contributed by atoms with van der Waals surface area (Å²) < 4.78 is 0. The molecule has 16 heavy (non-hydrogen) atoms. The van der Waals surface area contributed by atoms with Gasteiger partial charge < -0.3 is 15.7 Å². The first kappa shape index (κ1) is 14.5. The van der Waals surface area contributed by atoms with Crippen molar-refractivity contribution in [3.63, 3.8) is 0 Å². The van der Waals surface area contributed by atoms with Crippen LogP contribution in [0.25, 0.3) is 0 Å². The molecule has 2 amide bonds. The van der Waals surface area contributed by atoms with Gasteiger partial charge in [-0.3, -0.25) is 0 Å². The first-order valence-electron chi connectivity index (χ1n) is 5.26. The standard InChI is InChI=1S/C11H20N2O3/c1-7(2)5-6-12-11(16)13-9(8(3)4)10(14)15/h8-9H,1,5-6H2,2-4H3,(H,14,15)(H2,12,13,16). The molecule has 0 aliphatic heterocycles. The number of hydrogen-bond acceptors (Lipinski definition) is 2. The van der Waals surface area contributed by atoms with Gasteiger partial charge in [-0.1, -0.05) is 19.4 Å². The molecule has 5 nitrogen and oxygen atoms in total. The van der Waals surface area contributed by atoms with Crippen LogP contribution < -0.4 is 10.6 Å². The minimum absolute atomic E-state index is 0.149. The molecule has 0 bridgehead atoms. The fraction of sp³-hybridized carbons (Fsp3) is 0.636. The summed E-state index contributed by atoms with van der Waals surface area (Å²) in [5.74, 6) is -1.17. The highest BCUT2D eigenvalue weighted by atomic mass is 16.4. The quantitative estimate of drug-likeness (QED) is 0.601. The maximum Gasteiger partial charge on any atom is 0.326 e. The Bertz CT molecular complexity index is 274. The number of carbonyl (C=O) groups excluding carboxylic acids is 1. The molecule has 1 atom stereocenters. The van der Waals surface area contributed by atoms with Crippen molar-refractivity contribution >= 4 is 12.0 Å². The summed E-state index contributed by atoms with van der Waals surface area (Å²) in [4.78, 5) is 22.1. The van der Waals surface area contributed by atoms with E-state index in [9.17, 15) is 9.59 Å². The van der Waals surface area contributed by atoms with Gasteiger partial charge in [-0.05, 0) is 19.3 Å². The van der Waals surface area contributed by atoms with Gasteiger partial charge in [0.05, 0.1) is 0 Å². The van der Waals surface area contributed by atoms with Gasteiger partial charge in [0.15, 0.2) is 0 Å². The second kappa shape index (κ2) is 6.87. The molecule has 0 saturated heterocycles. The van der Waals surface area contributed by atoms with E-state index in [1.54, 1.807) is 13.8 Å². The van der Waals surface area contributed by atoms with Crippen LogP contribution in [0.2, 0.25) is 0 Å². The third kappa shape index (κ3) is 6.06. The Morgan fingerprint density at radius 2 is 1.94 bits per heavy atom. The lowest BCUT2D eigenvalue weighted by molar-refractivity contribution is -0.140. The van der Waals surface area contributed by atoms with E-state index in [1.807, 2.05) is 6.92 Å². The first-order chi connectivity index (χ1) is 7.34. The van der Waals surface area contributed by atoms with E-state index in [0.29, 0.717) is 13.0 Å². The first-order valence-corrected chi connectivity index (χ1v) is 5.26. The summed E-state index contributed by atoms with van der Waals surface area (Å²) in [7, 11) is 0. The van der Waals surface area contributed by atoms with Crippen LogP contribution in [-0.2, 0) is 4.79 Å². The normalized spacial score (nSPS) is 12.0. The molecule has 0 aromatic heterocycles. The van der Waals surface area contributed by atoms with E-state index >= 15 is 0 Å². The zero-order valence-electron chi connectivity index (χ0n) is 10.0. The van der Waals surface area contributed by atoms with E-state index in [4.69, 9.17) is 5.11 Å². The zero-order valence-corrected chi connectivity index (χ0v) is 10.0. The molecule has 92 valence electrons. The Morgan fingerprint density at radius 3 is 2.31 bits per heavy atom. The van der Waals surface area contributed by atoms with Gasteiger partial charge in [0.25, 0.3) is 0 Å². The molecule has 0 radical (unpaired) electrons. The van der Waals surface area contributed by atoms with Crippen LogP contribution >= 0.6 is 0 Å². The van der Waals surface area contributed by atoms with Crippen molar-refractivity contribution < 1.29 is 14.7 Å². The van der Waals surface area contributed by atoms with Crippen LogP contribution in [0.1, 0.15) is 27.2 Å². The Labute approximate surface area is 95.9 Å². The van der Waals surface area contributed by atoms with Crippen molar-refractivity contribution in [3.05, 3.63) is 12.2 Å². The minimum Gasteiger partial charge on any atom is -0.480 e. The highest BCUT2D eigenvalue weighted by molar-refractivity contribution is 5.82. The summed E-state index contributed by atoms with van der Waals surface area (Å²) in [5.41, 5.74) is 0.971. The van der Waals surface area contributed by atoms with Gasteiger partial charge in [-0.2, -0.15) is 0 Å². The van der Waals surface area contributed by atoms with E-state index in [-0.39, 0.29) is 5.92 Å². The monoisotopic (exact) mass is 228 g/mol. The largest absolute Gasteiger partial charge is 0.480 e. The summed E-state index contributed by atoms with van der Waals surface area (Å²) in [6, 6.07) is -1.31. The average Bonchev–Trinajstić information content (AvgIpc) is 2.12. The lowest BCUT2D eigenvalue weighted by Gasteiger charge is -2.18. The summed E-state index contributed by atoms with van der Waals surface area (Å²) in [5, 5.41) is 13.8. The topological polar surface area (TPSA) is 78.4 Å². The van der Waals surface area contributed by atoms with Crippen molar-refractivity contribution in [1.29, 1.82) is 0 Å². The molecule has 0 rings (SSSR count). The molecule has 0 aromatic carbocycles. The zero-order chi connectivity index (χ0) is 12.7. The van der Waals surface area contributed by atoms with Crippen molar-refractivity contribution in [3.8, 4) is 0 Å². The molecule has 1 unspecified atom stereocenters. The maximum absolute atomic E-state index is 11.3. The number of aliphatic carboxylic acids is 1. The van der Waals surface area contributed by atoms with Crippen molar-refractivity contribution in [2.24, 2.45) is 5.92 Å². The number of carboxylic acid groups (broad SMARTS) is 1. The van der Waals surface area contributed by atoms with E-state index in [0.717, 1.165) is 5.57 Å². The van der Waals surface area contributed by atoms with Gasteiger partial charge in [0.2, 0.25) is 0 Å². The molecule has 0 spiro atoms. The third-order valence-electron chi connectivity index (χ3n) is 2.06. The number of urea groups is 1. The van der Waals surface area contributed by atoms with Crippen LogP contribution in [0.15, 0.2) is 12.2 Å². The molecule has 0 heterocycles. The molecule has 0 aromatic rings. The minimum atomic E-state index is -1.02. The molecule has 3 N–H and O–H groups in total. The molecular formula is C11H20N2O3. The average molecular weight is 228 g/mol. The van der Waals surface area contributed by atoms with Gasteiger partial charge in [0, 0.05) is 6.54 Å². The van der Waals surface area contributed by atoms with E-state index in [1.165, 1.54) is 0 Å². The van der Waals surface area contributed by atoms with Gasteiger partial charge in [-0.15, -0.1) is 6.58 Å². The van der Waals surface area contributed by atoms with Crippen molar-refractivity contribution in [2.45, 2.75) is 33.2 Å². The van der Waals surface area contributed by atoms with Crippen LogP contribution in [0.4, 0.5) is 4.79 Å². The molecule has 0 aliphatic carbocycles. The Balaban J connectivity index is 4.01. The van der Waals surface area contributed by atoms with Crippen molar-refractivity contribution in [1.82, 2.24) is 10.6 Å². The Kier molecular flexibility index (Phi) is 6.22. The lowest BCUT2D eigenvalue weighted by Crippen LogP contribution is -2.48. The Hall–Kier alpha value is -1.52. The lowest BCUT2D eigenvalue weighted by atomic mass is 10.1. The molecule has 0 saturated carbocycles. The Morgan fingerprint density at radius 1 is 1.38 bits per heavy atom. The van der Waals surface area contributed by atoms with Crippen LogP contribution in [0, 0.1) is 5.92 Å². The molecule has 5 heteroatoms. The second-order valence-electron chi connectivity index (χ2n) is 4.17. The highest BCUT2D eigenvalue weighted by Crippen LogP contribution is 2.01. The fourth-order valence-corrected chi connectivity index (χ4v) is 1.10. The van der Waals surface area contributed by atoms with Crippen LogP contribution in [0.3, 0.4) is 0 Å². The predicted molar refractivity (Wildman–Crippen MR) is 62.2 cm³/mol. The van der Waals surface area contributed by atoms with Crippen molar-refractivity contribution in [2.75, 3.05) is 6.54 Å². The van der Waals surface area contributed by atoms with Crippen LogP contribution in [0.5, 0.6) is 0 Å². The molecular weight excluding hydrogens is 208 g/mol. The summed E-state index contributed by atoms with van der Waals surface area (Å²) in [6.07, 6.45) is 0.687. The molecule has 0 fully saturated rings. The summed E-state index contributed by atoms with van der Waals surface area (Å²) >= 11 is 0. The highest BCUT2D eigenvalue weighted by Gasteiger charge is 2.22. The van der Waals surface area contributed by atoms with Gasteiger partial charge in [-0.25, -0.2) is 9.59 Å². The summed E-state index contributed by atoms with van der Waals surface area (Å²) in [6.45, 7) is 9.52. The van der Waals surface area contributed by atoms with E-state index in [2.05, 4.69) is 17.2 Å². The fourth-order valence-electron chi connectivity index (χ4n) is 1.10. The maximum atomic E-state index is 11.3. The SMILES string of the molecule is C=C(C)CCNC(=O)NC(C(=O)O)C(C)C. The number of rotatable bonds is 6. The number of carboxylic acids is 1. The van der Waals surface area contributed by atoms with E-state index < -0.39 is 18.0 Å². The molecule has 0 aliphatic rings. The number of hydrogen-bond donors (Lipinski definition) is 3.